The molecule has 0 radical (unpaired) electrons. The molecular formula is C9H14BrMgO+. The number of hydrogen-bond donors (Lipinski definition) is 1. The summed E-state index contributed by atoms with van der Waals surface area (Å²) in [6, 6.07) is 12.5. The molecule has 1 rings (SSSR count). The average molecular weight is 242 g/mol. The van der Waals surface area contributed by atoms with E-state index in [1.165, 1.54) is 0 Å². The Kier molecular flexibility index (Phi) is 26.6. The van der Waals surface area contributed by atoms with Gasteiger partial charge in [-0.25, -0.2) is 0 Å². The molecule has 0 bridgehead atoms. The van der Waals surface area contributed by atoms with Crippen LogP contribution in [0.5, 0.6) is 0 Å². The van der Waals surface area contributed by atoms with Crippen molar-refractivity contribution in [2.45, 2.75) is 13.3 Å². The number of benzene rings is 1. The van der Waals surface area contributed by atoms with Crippen molar-refractivity contribution in [3.63, 3.8) is 0 Å². The van der Waals surface area contributed by atoms with Crippen LogP contribution in [0.2, 0.25) is 0 Å². The van der Waals surface area contributed by atoms with Crippen molar-refractivity contribution in [3.8, 4) is 0 Å². The van der Waals surface area contributed by atoms with Gasteiger partial charge in [0.05, 0.1) is 0 Å². The van der Waals surface area contributed by atoms with Crippen molar-refractivity contribution < 1.29 is 5.11 Å². The van der Waals surface area contributed by atoms with Crippen LogP contribution in [0.25, 0.3) is 0 Å². The van der Waals surface area contributed by atoms with Crippen LogP contribution in [-0.4, -0.2) is 34.8 Å². The molecule has 1 aromatic carbocycles. The molecule has 0 atom stereocenters. The summed E-state index contributed by atoms with van der Waals surface area (Å²) in [5, 5.41) is 7.88. The maximum absolute atomic E-state index is 7.88. The molecule has 0 aliphatic carbocycles. The van der Waals surface area contributed by atoms with Crippen LogP contribution in [0, 0.1) is 6.07 Å². The molecule has 1 aromatic rings. The molecule has 0 unspecified atom stereocenters. The fourth-order valence-corrected chi connectivity index (χ4v) is 0.342. The molecule has 1 N–H and O–H groups in total. The van der Waals surface area contributed by atoms with E-state index >= 15 is 0 Å². The Morgan fingerprint density at radius 3 is 1.67 bits per heavy atom. The molecule has 0 amide bonds. The van der Waals surface area contributed by atoms with Crippen LogP contribution < -0.4 is 0 Å². The van der Waals surface area contributed by atoms with Crippen molar-refractivity contribution >= 4 is 40.0 Å². The zero-order valence-corrected chi connectivity index (χ0v) is 10.5. The zero-order chi connectivity index (χ0) is 7.66. The monoisotopic (exact) mass is 241 g/mol. The van der Waals surface area contributed by atoms with Crippen molar-refractivity contribution in [1.29, 1.82) is 0 Å². The quantitative estimate of drug-likeness (QED) is 0.590. The van der Waals surface area contributed by atoms with E-state index in [1.807, 2.05) is 37.3 Å². The van der Waals surface area contributed by atoms with Crippen LogP contribution in [0.1, 0.15) is 13.3 Å². The van der Waals surface area contributed by atoms with Gasteiger partial charge in [0.2, 0.25) is 0 Å². The topological polar surface area (TPSA) is 20.2 Å². The van der Waals surface area contributed by atoms with Gasteiger partial charge in [0.1, 0.15) is 0 Å². The van der Waals surface area contributed by atoms with E-state index in [9.17, 15) is 0 Å². The van der Waals surface area contributed by atoms with Crippen LogP contribution in [-0.2, 0) is 0 Å². The Labute approximate surface area is 101 Å². The Bertz CT molecular complexity index is 106. The first-order chi connectivity index (χ1) is 4.91. The average Bonchev–Trinajstić information content (AvgIpc) is 2.08. The molecule has 0 heterocycles. The van der Waals surface area contributed by atoms with E-state index in [2.05, 4.69) is 6.07 Å². The standard InChI is InChI=1S/C6H5.C3H8O.BrH.Mg/c1-2-4-6-5-3-1;1-2-3-4;;/h1-5H;4H,2-3H2,1H3;1H;/q-1;;;+2. The van der Waals surface area contributed by atoms with Gasteiger partial charge in [0.25, 0.3) is 0 Å². The second-order valence-electron chi connectivity index (χ2n) is 1.80. The molecule has 0 aliphatic heterocycles. The summed E-state index contributed by atoms with van der Waals surface area (Å²) in [4.78, 5) is 0. The van der Waals surface area contributed by atoms with Gasteiger partial charge in [0, 0.05) is 6.61 Å². The van der Waals surface area contributed by atoms with Gasteiger partial charge in [-0.05, 0) is 6.42 Å². The van der Waals surface area contributed by atoms with Gasteiger partial charge in [0.15, 0.2) is 0 Å². The van der Waals surface area contributed by atoms with Gasteiger partial charge >= 0.3 is 23.1 Å². The van der Waals surface area contributed by atoms with Crippen molar-refractivity contribution in [3.05, 3.63) is 36.4 Å². The summed E-state index contributed by atoms with van der Waals surface area (Å²) in [6.45, 7) is 2.25. The summed E-state index contributed by atoms with van der Waals surface area (Å²) in [6.07, 6.45) is 0.875. The minimum atomic E-state index is 0. The maximum Gasteiger partial charge on any atom is 2.00 e. The smallest absolute Gasteiger partial charge is 0.396 e. The second kappa shape index (κ2) is 17.5. The number of aliphatic hydroxyl groups excluding tert-OH is 1. The third-order valence-corrected chi connectivity index (χ3v) is 0.831. The third-order valence-electron chi connectivity index (χ3n) is 0.831. The number of aliphatic hydroxyl groups is 1. The summed E-state index contributed by atoms with van der Waals surface area (Å²) in [5.41, 5.74) is 0. The SMILES string of the molecule is Br.CCCO.[Mg+2].[c-]1ccccc1. The third kappa shape index (κ3) is 16.8. The molecule has 3 heteroatoms. The fourth-order valence-electron chi connectivity index (χ4n) is 0.342. The molecule has 0 saturated carbocycles. The first-order valence-corrected chi connectivity index (χ1v) is 3.43. The largest absolute Gasteiger partial charge is 2.00 e. The predicted octanol–water partition coefficient (Wildman–Crippen LogP) is 2.07. The van der Waals surface area contributed by atoms with Gasteiger partial charge in [-0.15, -0.1) is 17.0 Å². The molecule has 12 heavy (non-hydrogen) atoms. The van der Waals surface area contributed by atoms with Crippen LogP contribution in [0.4, 0.5) is 0 Å². The van der Waals surface area contributed by atoms with Crippen molar-refractivity contribution in [2.24, 2.45) is 0 Å². The van der Waals surface area contributed by atoms with E-state index in [4.69, 9.17) is 5.11 Å². The van der Waals surface area contributed by atoms with Gasteiger partial charge in [-0.2, -0.15) is 36.4 Å². The Hall–Kier alpha value is 0.426. The van der Waals surface area contributed by atoms with Crippen molar-refractivity contribution in [2.75, 3.05) is 6.61 Å². The predicted molar refractivity (Wildman–Crippen MR) is 58.7 cm³/mol. The van der Waals surface area contributed by atoms with Crippen LogP contribution in [0.15, 0.2) is 30.3 Å². The van der Waals surface area contributed by atoms with E-state index in [0.29, 0.717) is 6.61 Å². The van der Waals surface area contributed by atoms with E-state index in [-0.39, 0.29) is 40.0 Å². The summed E-state index contributed by atoms with van der Waals surface area (Å²) >= 11 is 0. The number of rotatable bonds is 1. The molecule has 1 nitrogen and oxygen atoms in total. The molecule has 0 aromatic heterocycles. The van der Waals surface area contributed by atoms with E-state index < -0.39 is 0 Å². The van der Waals surface area contributed by atoms with E-state index in [0.717, 1.165) is 6.42 Å². The first-order valence-electron chi connectivity index (χ1n) is 3.43. The fraction of sp³-hybridized carbons (Fsp3) is 0.333. The molecular weight excluding hydrogens is 228 g/mol. The van der Waals surface area contributed by atoms with E-state index in [1.54, 1.807) is 0 Å². The van der Waals surface area contributed by atoms with Gasteiger partial charge in [-0.3, -0.25) is 0 Å². The molecule has 0 saturated heterocycles. The second-order valence-corrected chi connectivity index (χ2v) is 1.80. The number of halogens is 1. The summed E-state index contributed by atoms with van der Waals surface area (Å²) < 4.78 is 0. The summed E-state index contributed by atoms with van der Waals surface area (Å²) in [5.74, 6) is 0. The summed E-state index contributed by atoms with van der Waals surface area (Å²) in [7, 11) is 0. The Morgan fingerprint density at radius 1 is 1.17 bits per heavy atom. The van der Waals surface area contributed by atoms with Crippen LogP contribution in [0.3, 0.4) is 0 Å². The van der Waals surface area contributed by atoms with Gasteiger partial charge < -0.3 is 5.11 Å². The van der Waals surface area contributed by atoms with Crippen LogP contribution >= 0.6 is 17.0 Å². The molecule has 0 spiro atoms. The Morgan fingerprint density at radius 2 is 1.58 bits per heavy atom. The molecule has 0 fully saturated rings. The normalized spacial score (nSPS) is 6.50. The minimum absolute atomic E-state index is 0. The molecule has 0 aliphatic rings. The maximum atomic E-state index is 7.88. The van der Waals surface area contributed by atoms with Gasteiger partial charge in [-0.1, -0.05) is 6.92 Å². The zero-order valence-electron chi connectivity index (χ0n) is 7.36. The van der Waals surface area contributed by atoms with Crippen molar-refractivity contribution in [1.82, 2.24) is 0 Å². The molecule has 64 valence electrons. The number of hydrogen-bond acceptors (Lipinski definition) is 1. The first kappa shape index (κ1) is 18.3. The minimum Gasteiger partial charge on any atom is -0.396 e. The Balaban J connectivity index is -0.000000124.